The molecule has 0 saturated carbocycles. The first-order valence-corrected chi connectivity index (χ1v) is 11.2. The van der Waals surface area contributed by atoms with E-state index in [0.717, 1.165) is 23.6 Å². The number of thioether (sulfide) groups is 1. The molecule has 0 aliphatic heterocycles. The van der Waals surface area contributed by atoms with Crippen molar-refractivity contribution >= 4 is 39.3 Å². The highest BCUT2D eigenvalue weighted by atomic mass is 32.2. The molecule has 0 unspecified atom stereocenters. The number of amides is 1. The third-order valence-electron chi connectivity index (χ3n) is 5.02. The lowest BCUT2D eigenvalue weighted by atomic mass is 10.0. The molecule has 154 valence electrons. The fourth-order valence-corrected chi connectivity index (χ4v) is 4.25. The van der Waals surface area contributed by atoms with Crippen molar-refractivity contribution < 1.29 is 4.79 Å². The van der Waals surface area contributed by atoms with Gasteiger partial charge in [0.05, 0.1) is 16.7 Å². The number of hydrogen-bond donors (Lipinski definition) is 1. The van der Waals surface area contributed by atoms with Crippen molar-refractivity contribution in [1.82, 2.24) is 14.9 Å². The van der Waals surface area contributed by atoms with Gasteiger partial charge in [-0.2, -0.15) is 0 Å². The van der Waals surface area contributed by atoms with Gasteiger partial charge in [0.2, 0.25) is 5.91 Å². The first-order chi connectivity index (χ1) is 13.9. The summed E-state index contributed by atoms with van der Waals surface area (Å²) in [6, 6.07) is 12.0. The average molecular weight is 412 g/mol. The zero-order chi connectivity index (χ0) is 21.0. The second-order valence-corrected chi connectivity index (χ2v) is 8.83. The van der Waals surface area contributed by atoms with Gasteiger partial charge in [-0.25, -0.2) is 4.98 Å². The van der Waals surface area contributed by atoms with Gasteiger partial charge >= 0.3 is 0 Å². The third kappa shape index (κ3) is 5.18. The number of carbonyl (C=O) groups excluding carboxylic acids is 1. The summed E-state index contributed by atoms with van der Waals surface area (Å²) in [5, 5.41) is 6.32. The zero-order valence-electron chi connectivity index (χ0n) is 17.6. The zero-order valence-corrected chi connectivity index (χ0v) is 18.4. The molecule has 1 atom stereocenters. The SMILES string of the molecule is CCn1c(SCC(=O)N[C@@H](C)CCC(C)C)nc2cc3ccccc3cc2c1=O. The summed E-state index contributed by atoms with van der Waals surface area (Å²) in [5.41, 5.74) is 0.614. The third-order valence-corrected chi connectivity index (χ3v) is 6.00. The Morgan fingerprint density at radius 3 is 2.48 bits per heavy atom. The number of nitrogens with one attached hydrogen (secondary N) is 1. The van der Waals surface area contributed by atoms with Crippen LogP contribution in [0.4, 0.5) is 0 Å². The van der Waals surface area contributed by atoms with Crippen LogP contribution < -0.4 is 10.9 Å². The maximum Gasteiger partial charge on any atom is 0.262 e. The molecule has 1 heterocycles. The lowest BCUT2D eigenvalue weighted by Gasteiger charge is -2.15. The van der Waals surface area contributed by atoms with Crippen molar-refractivity contribution in [2.75, 3.05) is 5.75 Å². The monoisotopic (exact) mass is 411 g/mol. The van der Waals surface area contributed by atoms with Gasteiger partial charge in [-0.3, -0.25) is 14.2 Å². The van der Waals surface area contributed by atoms with Crippen LogP contribution in [-0.2, 0) is 11.3 Å². The minimum Gasteiger partial charge on any atom is -0.353 e. The van der Waals surface area contributed by atoms with Gasteiger partial charge in [0.15, 0.2) is 5.16 Å². The van der Waals surface area contributed by atoms with E-state index in [1.165, 1.54) is 11.8 Å². The molecule has 0 bridgehead atoms. The van der Waals surface area contributed by atoms with Gasteiger partial charge in [0.25, 0.3) is 5.56 Å². The van der Waals surface area contributed by atoms with Crippen LogP contribution in [0.2, 0.25) is 0 Å². The lowest BCUT2D eigenvalue weighted by molar-refractivity contribution is -0.119. The summed E-state index contributed by atoms with van der Waals surface area (Å²) in [7, 11) is 0. The van der Waals surface area contributed by atoms with E-state index in [-0.39, 0.29) is 23.3 Å². The molecule has 0 radical (unpaired) electrons. The number of carbonyl (C=O) groups is 1. The molecule has 0 aliphatic rings. The molecule has 1 aromatic heterocycles. The van der Waals surface area contributed by atoms with E-state index in [2.05, 4.69) is 19.2 Å². The number of nitrogens with zero attached hydrogens (tertiary/aromatic N) is 2. The molecule has 0 aliphatic carbocycles. The first-order valence-electron chi connectivity index (χ1n) is 10.2. The Morgan fingerprint density at radius 2 is 1.83 bits per heavy atom. The van der Waals surface area contributed by atoms with Crippen LogP contribution in [0, 0.1) is 5.92 Å². The molecule has 0 saturated heterocycles. The Bertz CT molecular complexity index is 1070. The lowest BCUT2D eigenvalue weighted by Crippen LogP contribution is -2.34. The molecule has 1 N–H and O–H groups in total. The molecule has 1 amide bonds. The number of benzene rings is 2. The molecular weight excluding hydrogens is 382 g/mol. The van der Waals surface area contributed by atoms with E-state index in [0.29, 0.717) is 28.5 Å². The molecule has 29 heavy (non-hydrogen) atoms. The molecule has 0 spiro atoms. The Morgan fingerprint density at radius 1 is 1.14 bits per heavy atom. The van der Waals surface area contributed by atoms with Gasteiger partial charge in [-0.1, -0.05) is 49.9 Å². The van der Waals surface area contributed by atoms with Crippen LogP contribution in [0.3, 0.4) is 0 Å². The molecular formula is C23H29N3O2S. The highest BCUT2D eigenvalue weighted by Crippen LogP contribution is 2.22. The predicted octanol–water partition coefficient (Wildman–Crippen LogP) is 4.60. The summed E-state index contributed by atoms with van der Waals surface area (Å²) in [6.45, 7) is 8.84. The Kier molecular flexibility index (Phi) is 6.96. The molecule has 0 fully saturated rings. The van der Waals surface area contributed by atoms with Crippen molar-refractivity contribution in [3.63, 3.8) is 0 Å². The van der Waals surface area contributed by atoms with E-state index in [1.54, 1.807) is 4.57 Å². The van der Waals surface area contributed by atoms with Crippen LogP contribution in [0.1, 0.15) is 40.5 Å². The normalized spacial score (nSPS) is 12.6. The fraction of sp³-hybridized carbons (Fsp3) is 0.435. The topological polar surface area (TPSA) is 64.0 Å². The Labute approximate surface area is 175 Å². The van der Waals surface area contributed by atoms with Gasteiger partial charge in [-0.15, -0.1) is 0 Å². The number of rotatable bonds is 8. The highest BCUT2D eigenvalue weighted by Gasteiger charge is 2.14. The van der Waals surface area contributed by atoms with Crippen molar-refractivity contribution in [2.24, 2.45) is 5.92 Å². The van der Waals surface area contributed by atoms with Crippen molar-refractivity contribution in [1.29, 1.82) is 0 Å². The van der Waals surface area contributed by atoms with Gasteiger partial charge in [-0.05, 0) is 55.5 Å². The van der Waals surface area contributed by atoms with Crippen molar-refractivity contribution in [3.05, 3.63) is 46.8 Å². The number of fused-ring (bicyclic) bond motifs is 2. The summed E-state index contributed by atoms with van der Waals surface area (Å²) in [4.78, 5) is 30.1. The maximum absolute atomic E-state index is 13.0. The van der Waals surface area contributed by atoms with Crippen LogP contribution in [0.5, 0.6) is 0 Å². The maximum atomic E-state index is 13.0. The van der Waals surface area contributed by atoms with Gasteiger partial charge in [0, 0.05) is 12.6 Å². The molecule has 3 rings (SSSR count). The minimum absolute atomic E-state index is 0.0261. The molecule has 3 aromatic rings. The molecule has 2 aromatic carbocycles. The molecule has 6 heteroatoms. The predicted molar refractivity (Wildman–Crippen MR) is 122 cm³/mol. The van der Waals surface area contributed by atoms with Gasteiger partial charge < -0.3 is 5.32 Å². The average Bonchev–Trinajstić information content (AvgIpc) is 2.69. The van der Waals surface area contributed by atoms with Crippen LogP contribution >= 0.6 is 11.8 Å². The Hall–Kier alpha value is -2.34. The van der Waals surface area contributed by atoms with E-state index >= 15 is 0 Å². The van der Waals surface area contributed by atoms with E-state index in [9.17, 15) is 9.59 Å². The van der Waals surface area contributed by atoms with E-state index in [4.69, 9.17) is 4.98 Å². The summed E-state index contributed by atoms with van der Waals surface area (Å²) in [5.74, 6) is 0.847. The standard InChI is InChI=1S/C23H29N3O2S/c1-5-26-22(28)19-12-17-8-6-7-9-18(17)13-20(19)25-23(26)29-14-21(27)24-16(4)11-10-15(2)3/h6-9,12-13,15-16H,5,10-11,14H2,1-4H3,(H,24,27)/t16-/m0/s1. The van der Waals surface area contributed by atoms with Crippen LogP contribution in [0.25, 0.3) is 21.7 Å². The summed E-state index contributed by atoms with van der Waals surface area (Å²) < 4.78 is 1.65. The second kappa shape index (κ2) is 9.44. The number of hydrogen-bond acceptors (Lipinski definition) is 4. The first kappa shape index (κ1) is 21.4. The summed E-state index contributed by atoms with van der Waals surface area (Å²) >= 11 is 1.32. The quantitative estimate of drug-likeness (QED) is 0.334. The smallest absolute Gasteiger partial charge is 0.262 e. The van der Waals surface area contributed by atoms with E-state index < -0.39 is 0 Å². The molecule has 5 nitrogen and oxygen atoms in total. The van der Waals surface area contributed by atoms with Crippen LogP contribution in [-0.4, -0.2) is 27.3 Å². The van der Waals surface area contributed by atoms with Crippen molar-refractivity contribution in [3.8, 4) is 0 Å². The van der Waals surface area contributed by atoms with E-state index in [1.807, 2.05) is 50.2 Å². The second-order valence-electron chi connectivity index (χ2n) is 7.89. The Balaban J connectivity index is 1.80. The summed E-state index contributed by atoms with van der Waals surface area (Å²) in [6.07, 6.45) is 2.05. The van der Waals surface area contributed by atoms with Crippen LogP contribution in [0.15, 0.2) is 46.3 Å². The highest BCUT2D eigenvalue weighted by molar-refractivity contribution is 7.99. The van der Waals surface area contributed by atoms with Gasteiger partial charge in [0.1, 0.15) is 0 Å². The fourth-order valence-electron chi connectivity index (χ4n) is 3.38. The number of aromatic nitrogens is 2. The minimum atomic E-state index is -0.0588. The largest absolute Gasteiger partial charge is 0.353 e. The van der Waals surface area contributed by atoms with Crippen molar-refractivity contribution in [2.45, 2.75) is 58.3 Å².